The first kappa shape index (κ1) is 14.0. The monoisotopic (exact) mass is 268 g/mol. The van der Waals surface area contributed by atoms with Gasteiger partial charge in [0, 0.05) is 0 Å². The normalized spacial score (nSPS) is 30.9. The van der Waals surface area contributed by atoms with Crippen molar-refractivity contribution in [1.29, 1.82) is 0 Å². The minimum atomic E-state index is -3.40. The van der Waals surface area contributed by atoms with E-state index in [1.54, 1.807) is 0 Å². The van der Waals surface area contributed by atoms with Crippen LogP contribution in [0.1, 0.15) is 52.4 Å². The van der Waals surface area contributed by atoms with Gasteiger partial charge < -0.3 is 0 Å². The lowest BCUT2D eigenvalue weighted by Gasteiger charge is -2.35. The third-order valence-electron chi connectivity index (χ3n) is 3.05. The highest BCUT2D eigenvalue weighted by Gasteiger charge is 2.59. The van der Waals surface area contributed by atoms with Crippen LogP contribution in [0.3, 0.4) is 0 Å². The van der Waals surface area contributed by atoms with E-state index in [1.807, 2.05) is 13.8 Å². The number of hydrogen-bond acceptors (Lipinski definition) is 4. The molecule has 0 unspecified atom stereocenters. The van der Waals surface area contributed by atoms with Crippen molar-refractivity contribution in [3.05, 3.63) is 0 Å². The molecule has 0 atom stereocenters. The van der Waals surface area contributed by atoms with Crippen molar-refractivity contribution in [2.24, 2.45) is 0 Å². The predicted octanol–water partition coefficient (Wildman–Crippen LogP) is 1.86. The number of rotatable bonds is 6. The van der Waals surface area contributed by atoms with Gasteiger partial charge in [-0.3, -0.25) is 0 Å². The summed E-state index contributed by atoms with van der Waals surface area (Å²) < 4.78 is 45.0. The van der Waals surface area contributed by atoms with Crippen molar-refractivity contribution in [3.63, 3.8) is 0 Å². The van der Waals surface area contributed by atoms with Crippen LogP contribution in [0.2, 0.25) is 0 Å². The zero-order valence-electron chi connectivity index (χ0n) is 9.85. The van der Waals surface area contributed by atoms with Gasteiger partial charge in [-0.1, -0.05) is 39.5 Å². The van der Waals surface area contributed by atoms with Gasteiger partial charge >= 0.3 is 0 Å². The van der Waals surface area contributed by atoms with Gasteiger partial charge in [-0.25, -0.2) is 16.8 Å². The molecule has 0 aromatic rings. The minimum Gasteiger partial charge on any atom is -0.226 e. The molecule has 6 heteroatoms. The largest absolute Gasteiger partial charge is 0.226 e. The molecule has 0 saturated carbocycles. The van der Waals surface area contributed by atoms with Crippen LogP contribution >= 0.6 is 0 Å². The number of hydrogen-bond donors (Lipinski definition) is 0. The van der Waals surface area contributed by atoms with Gasteiger partial charge in [0.05, 0.1) is 0 Å². The first-order chi connectivity index (χ1) is 7.39. The quantitative estimate of drug-likeness (QED) is 0.737. The highest BCUT2D eigenvalue weighted by atomic mass is 32.3. The summed E-state index contributed by atoms with van der Waals surface area (Å²) in [5, 5.41) is 0. The second-order valence-corrected chi connectivity index (χ2v) is 9.55. The van der Waals surface area contributed by atoms with Gasteiger partial charge in [-0.05, 0) is 12.8 Å². The molecule has 0 aliphatic carbocycles. The van der Waals surface area contributed by atoms with E-state index in [2.05, 4.69) is 0 Å². The molecule has 0 aromatic carbocycles. The lowest BCUT2D eigenvalue weighted by Crippen LogP contribution is -2.55. The van der Waals surface area contributed by atoms with E-state index in [4.69, 9.17) is 0 Å². The molecule has 4 nitrogen and oxygen atoms in total. The maximum absolute atomic E-state index is 11.8. The lowest BCUT2D eigenvalue weighted by molar-refractivity contribution is 0.527. The van der Waals surface area contributed by atoms with Crippen LogP contribution in [-0.2, 0) is 19.7 Å². The van der Waals surface area contributed by atoms with E-state index < -0.39 is 28.8 Å². The van der Waals surface area contributed by atoms with Crippen LogP contribution in [0.4, 0.5) is 0 Å². The second kappa shape index (κ2) is 5.04. The molecule has 96 valence electrons. The van der Waals surface area contributed by atoms with E-state index >= 15 is 0 Å². The zero-order valence-corrected chi connectivity index (χ0v) is 11.5. The summed E-state index contributed by atoms with van der Waals surface area (Å²) in [6.07, 6.45) is 3.49. The van der Waals surface area contributed by atoms with Gasteiger partial charge in [0.1, 0.15) is 0 Å². The van der Waals surface area contributed by atoms with Crippen LogP contribution < -0.4 is 0 Å². The Morgan fingerprint density at radius 3 is 1.31 bits per heavy atom. The molecular formula is C10H20O4S2. The Bertz CT molecular complexity index is 360. The summed E-state index contributed by atoms with van der Waals surface area (Å²) in [7, 11) is -6.81. The molecule has 1 aliphatic rings. The molecule has 0 bridgehead atoms. The molecule has 0 radical (unpaired) electrons. The van der Waals surface area contributed by atoms with Crippen molar-refractivity contribution in [1.82, 2.24) is 0 Å². The zero-order chi connectivity index (χ0) is 12.4. The molecule has 1 heterocycles. The minimum absolute atomic E-state index is 0.268. The Morgan fingerprint density at radius 2 is 1.06 bits per heavy atom. The maximum Gasteiger partial charge on any atom is 0.184 e. The van der Waals surface area contributed by atoms with Gasteiger partial charge in [0.15, 0.2) is 28.8 Å². The third-order valence-corrected chi connectivity index (χ3v) is 10.1. The molecule has 1 saturated heterocycles. The van der Waals surface area contributed by atoms with Crippen molar-refractivity contribution < 1.29 is 16.8 Å². The standard InChI is InChI=1S/C10H20O4S2/c1-3-5-7-9-15(11,12)10(8-6-4-2)16(9,13)14/h9-10H,3-8H2,1-2H3. The molecule has 1 rings (SSSR count). The van der Waals surface area contributed by atoms with Gasteiger partial charge in [-0.2, -0.15) is 0 Å². The summed E-state index contributed by atoms with van der Waals surface area (Å²) >= 11 is 0. The summed E-state index contributed by atoms with van der Waals surface area (Å²) in [6, 6.07) is 0. The lowest BCUT2D eigenvalue weighted by atomic mass is 10.3. The third kappa shape index (κ3) is 2.27. The van der Waals surface area contributed by atoms with E-state index in [0.717, 1.165) is 12.8 Å². The highest BCUT2D eigenvalue weighted by molar-refractivity contribution is 8.25. The molecule has 0 N–H and O–H groups in total. The summed E-state index contributed by atoms with van der Waals surface area (Å²) in [5.41, 5.74) is 0. The molecule has 16 heavy (non-hydrogen) atoms. The molecular weight excluding hydrogens is 248 g/mol. The summed E-state index contributed by atoms with van der Waals surface area (Å²) in [6.45, 7) is 3.85. The average Bonchev–Trinajstić information content (AvgIpc) is 2.17. The van der Waals surface area contributed by atoms with E-state index in [0.29, 0.717) is 12.8 Å². The van der Waals surface area contributed by atoms with Crippen molar-refractivity contribution in [2.75, 3.05) is 0 Å². The fourth-order valence-corrected chi connectivity index (χ4v) is 8.49. The van der Waals surface area contributed by atoms with Crippen molar-refractivity contribution >= 4 is 19.7 Å². The Balaban J connectivity index is 2.79. The molecule has 1 aliphatic heterocycles. The van der Waals surface area contributed by atoms with Crippen LogP contribution in [0.5, 0.6) is 0 Å². The van der Waals surface area contributed by atoms with Crippen LogP contribution in [0, 0.1) is 0 Å². The summed E-state index contributed by atoms with van der Waals surface area (Å²) in [5.74, 6) is 0. The maximum atomic E-state index is 11.8. The smallest absolute Gasteiger partial charge is 0.184 e. The van der Waals surface area contributed by atoms with Crippen molar-refractivity contribution in [3.8, 4) is 0 Å². The number of unbranched alkanes of at least 4 members (excludes halogenated alkanes) is 2. The fourth-order valence-electron chi connectivity index (χ4n) is 2.06. The van der Waals surface area contributed by atoms with Crippen LogP contribution in [0.15, 0.2) is 0 Å². The first-order valence-electron chi connectivity index (χ1n) is 5.84. The van der Waals surface area contributed by atoms with E-state index in [9.17, 15) is 16.8 Å². The van der Waals surface area contributed by atoms with Crippen LogP contribution in [-0.4, -0.2) is 26.0 Å². The average molecular weight is 268 g/mol. The van der Waals surface area contributed by atoms with Crippen LogP contribution in [0.25, 0.3) is 0 Å². The van der Waals surface area contributed by atoms with E-state index in [1.165, 1.54) is 0 Å². The Labute approximate surface area is 98.3 Å². The molecule has 0 amide bonds. The highest BCUT2D eigenvalue weighted by Crippen LogP contribution is 2.39. The predicted molar refractivity (Wildman–Crippen MR) is 64.5 cm³/mol. The Hall–Kier alpha value is -0.100. The molecule has 0 aromatic heterocycles. The van der Waals surface area contributed by atoms with Gasteiger partial charge in [0.2, 0.25) is 0 Å². The first-order valence-corrected chi connectivity index (χ1v) is 9.06. The van der Waals surface area contributed by atoms with Crippen molar-refractivity contribution in [2.45, 2.75) is 61.5 Å². The molecule has 0 spiro atoms. The van der Waals surface area contributed by atoms with Gasteiger partial charge in [-0.15, -0.1) is 0 Å². The topological polar surface area (TPSA) is 68.3 Å². The SMILES string of the molecule is CCCCC1S(=O)(=O)C(CCCC)S1(=O)=O. The molecule has 1 fully saturated rings. The Morgan fingerprint density at radius 1 is 0.750 bits per heavy atom. The van der Waals surface area contributed by atoms with E-state index in [-0.39, 0.29) is 12.8 Å². The summed E-state index contributed by atoms with van der Waals surface area (Å²) in [4.78, 5) is 0. The Kier molecular flexibility index (Phi) is 4.40. The van der Waals surface area contributed by atoms with Gasteiger partial charge in [0.25, 0.3) is 0 Å². The number of sulfone groups is 2. The second-order valence-electron chi connectivity index (χ2n) is 4.32. The fraction of sp³-hybridized carbons (Fsp3) is 1.00.